The van der Waals surface area contributed by atoms with Gasteiger partial charge in [-0.3, -0.25) is 10.1 Å². The molecule has 2 aromatic rings. The van der Waals surface area contributed by atoms with Gasteiger partial charge in [0.25, 0.3) is 5.69 Å². The molecule has 0 amide bonds. The normalized spacial score (nSPS) is 15.4. The lowest BCUT2D eigenvalue weighted by Crippen LogP contribution is -2.35. The number of halogens is 1. The fourth-order valence-electron chi connectivity index (χ4n) is 3.05. The van der Waals surface area contributed by atoms with E-state index in [1.165, 1.54) is 17.7 Å². The van der Waals surface area contributed by atoms with E-state index < -0.39 is 4.92 Å². The number of nitro benzene ring substituents is 1. The van der Waals surface area contributed by atoms with Crippen molar-refractivity contribution in [2.45, 2.75) is 25.4 Å². The van der Waals surface area contributed by atoms with Crippen LogP contribution < -0.4 is 19.5 Å². The van der Waals surface area contributed by atoms with E-state index in [1.807, 2.05) is 12.1 Å². The van der Waals surface area contributed by atoms with Crippen molar-refractivity contribution in [3.05, 3.63) is 57.1 Å². The highest BCUT2D eigenvalue weighted by molar-refractivity contribution is 6.32. The molecule has 0 bridgehead atoms. The second-order valence-electron chi connectivity index (χ2n) is 6.53. The van der Waals surface area contributed by atoms with Crippen molar-refractivity contribution in [3.8, 4) is 17.2 Å². The van der Waals surface area contributed by atoms with Crippen molar-refractivity contribution in [2.24, 2.45) is 0 Å². The van der Waals surface area contributed by atoms with Crippen LogP contribution in [0.5, 0.6) is 17.2 Å². The van der Waals surface area contributed by atoms with Gasteiger partial charge in [0.2, 0.25) is 0 Å². The minimum atomic E-state index is -0.519. The highest BCUT2D eigenvalue weighted by atomic mass is 35.5. The van der Waals surface area contributed by atoms with E-state index in [9.17, 15) is 10.1 Å². The molecular formula is C20H23ClN2O5. The van der Waals surface area contributed by atoms with Crippen LogP contribution >= 0.6 is 11.6 Å². The van der Waals surface area contributed by atoms with Gasteiger partial charge >= 0.3 is 0 Å². The second kappa shape index (κ2) is 9.61. The molecule has 2 aromatic carbocycles. The molecule has 1 aliphatic heterocycles. The summed E-state index contributed by atoms with van der Waals surface area (Å²) in [4.78, 5) is 10.4. The van der Waals surface area contributed by atoms with Crippen LogP contribution in [-0.4, -0.2) is 37.8 Å². The lowest BCUT2D eigenvalue weighted by Gasteiger charge is -2.26. The molecule has 0 spiro atoms. The third-order valence-corrected chi connectivity index (χ3v) is 4.88. The van der Waals surface area contributed by atoms with Crippen molar-refractivity contribution in [1.82, 2.24) is 5.32 Å². The van der Waals surface area contributed by atoms with Gasteiger partial charge in [0.05, 0.1) is 24.7 Å². The number of benzene rings is 2. The fraction of sp³-hybridized carbons (Fsp3) is 0.400. The highest BCUT2D eigenvalue weighted by Crippen LogP contribution is 2.31. The number of methoxy groups -OCH3 is 1. The average Bonchev–Trinajstić information content (AvgIpc) is 2.70. The number of hydrogen-bond acceptors (Lipinski definition) is 6. The van der Waals surface area contributed by atoms with Crippen LogP contribution in [0.4, 0.5) is 5.69 Å². The largest absolute Gasteiger partial charge is 0.497 e. The summed E-state index contributed by atoms with van der Waals surface area (Å²) in [6.07, 6.45) is 2.86. The van der Waals surface area contributed by atoms with Gasteiger partial charge in [0.15, 0.2) is 0 Å². The molecular weight excluding hydrogens is 384 g/mol. The Morgan fingerprint density at radius 2 is 2.11 bits per heavy atom. The van der Waals surface area contributed by atoms with Crippen LogP contribution in [0.3, 0.4) is 0 Å². The maximum absolute atomic E-state index is 10.9. The number of nitrogens with zero attached hydrogens (tertiary/aromatic N) is 1. The lowest BCUT2D eigenvalue weighted by atomic mass is 10.0. The Hall–Kier alpha value is -2.51. The first-order valence-electron chi connectivity index (χ1n) is 9.18. The number of rotatable bonds is 9. The Labute approximate surface area is 168 Å². The Morgan fingerprint density at radius 3 is 2.89 bits per heavy atom. The second-order valence-corrected chi connectivity index (χ2v) is 6.94. The van der Waals surface area contributed by atoms with Gasteiger partial charge in [-0.1, -0.05) is 17.7 Å². The smallest absolute Gasteiger partial charge is 0.291 e. The van der Waals surface area contributed by atoms with Crippen LogP contribution in [0.1, 0.15) is 18.4 Å². The maximum atomic E-state index is 10.9. The molecule has 8 heteroatoms. The molecule has 1 heterocycles. The van der Waals surface area contributed by atoms with Gasteiger partial charge in [0, 0.05) is 12.6 Å². The molecule has 0 fully saturated rings. The Morgan fingerprint density at radius 1 is 1.29 bits per heavy atom. The van der Waals surface area contributed by atoms with Crippen molar-refractivity contribution in [2.75, 3.05) is 26.8 Å². The molecule has 0 saturated heterocycles. The summed E-state index contributed by atoms with van der Waals surface area (Å²) in [5.41, 5.74) is 1.06. The van der Waals surface area contributed by atoms with Gasteiger partial charge in [0.1, 0.15) is 28.4 Å². The summed E-state index contributed by atoms with van der Waals surface area (Å²) < 4.78 is 16.9. The van der Waals surface area contributed by atoms with Crippen molar-refractivity contribution < 1.29 is 19.1 Å². The minimum absolute atomic E-state index is 0.102. The minimum Gasteiger partial charge on any atom is -0.497 e. The fourth-order valence-corrected chi connectivity index (χ4v) is 3.24. The van der Waals surface area contributed by atoms with Crippen molar-refractivity contribution in [3.63, 3.8) is 0 Å². The molecule has 28 heavy (non-hydrogen) atoms. The van der Waals surface area contributed by atoms with Crippen molar-refractivity contribution in [1.29, 1.82) is 0 Å². The molecule has 150 valence electrons. The number of nitro groups is 1. The first kappa shape index (κ1) is 20.2. The summed E-state index contributed by atoms with van der Waals surface area (Å²) in [7, 11) is 1.65. The standard InChI is InChI=1S/C20H23ClN2O5/c1-26-15-5-3-14-4-6-17(28-20(14)12-15)13-22-9-2-10-27-16-7-8-18(21)19(11-16)23(24)25/h3,5,7-8,11-12,17,22H,2,4,6,9-10,13H2,1H3. The predicted octanol–water partition coefficient (Wildman–Crippen LogP) is 4.01. The summed E-state index contributed by atoms with van der Waals surface area (Å²) in [6, 6.07) is 10.4. The number of fused-ring (bicyclic) bond motifs is 1. The number of ether oxygens (including phenoxy) is 3. The molecule has 1 N–H and O–H groups in total. The number of hydrogen-bond donors (Lipinski definition) is 1. The average molecular weight is 407 g/mol. The Balaban J connectivity index is 1.36. The van der Waals surface area contributed by atoms with E-state index in [0.29, 0.717) is 12.4 Å². The molecule has 0 saturated carbocycles. The van der Waals surface area contributed by atoms with Gasteiger partial charge in [-0.25, -0.2) is 0 Å². The summed E-state index contributed by atoms with van der Waals surface area (Å²) in [5, 5.41) is 14.4. The summed E-state index contributed by atoms with van der Waals surface area (Å²) in [6.45, 7) is 1.97. The molecule has 0 aromatic heterocycles. The molecule has 0 aliphatic carbocycles. The Kier molecular flexibility index (Phi) is 6.95. The number of aryl methyl sites for hydroxylation is 1. The molecule has 1 atom stereocenters. The van der Waals surface area contributed by atoms with Gasteiger partial charge in [-0.15, -0.1) is 0 Å². The maximum Gasteiger partial charge on any atom is 0.291 e. The third-order valence-electron chi connectivity index (χ3n) is 4.56. The molecule has 3 rings (SSSR count). The zero-order chi connectivity index (χ0) is 19.9. The van der Waals surface area contributed by atoms with Crippen LogP contribution in [0.25, 0.3) is 0 Å². The topological polar surface area (TPSA) is 82.9 Å². The molecule has 7 nitrogen and oxygen atoms in total. The van der Waals surface area contributed by atoms with E-state index in [-0.39, 0.29) is 16.8 Å². The van der Waals surface area contributed by atoms with Crippen molar-refractivity contribution >= 4 is 17.3 Å². The van der Waals surface area contributed by atoms with E-state index in [2.05, 4.69) is 11.4 Å². The first-order valence-corrected chi connectivity index (χ1v) is 9.55. The molecule has 0 radical (unpaired) electrons. The molecule has 1 unspecified atom stereocenters. The van der Waals surface area contributed by atoms with Crippen LogP contribution in [0, 0.1) is 10.1 Å². The van der Waals surface area contributed by atoms with E-state index in [1.54, 1.807) is 13.2 Å². The van der Waals surface area contributed by atoms with Gasteiger partial charge in [-0.05, 0) is 49.6 Å². The van der Waals surface area contributed by atoms with Gasteiger partial charge in [-0.2, -0.15) is 0 Å². The van der Waals surface area contributed by atoms with E-state index >= 15 is 0 Å². The van der Waals surface area contributed by atoms with E-state index in [4.69, 9.17) is 25.8 Å². The monoisotopic (exact) mass is 406 g/mol. The predicted molar refractivity (Wildman–Crippen MR) is 107 cm³/mol. The van der Waals surface area contributed by atoms with Crippen LogP contribution in [0.2, 0.25) is 5.02 Å². The quantitative estimate of drug-likeness (QED) is 0.385. The van der Waals surface area contributed by atoms with Crippen LogP contribution in [0.15, 0.2) is 36.4 Å². The molecule has 1 aliphatic rings. The first-order chi connectivity index (χ1) is 13.6. The van der Waals surface area contributed by atoms with Crippen LogP contribution in [-0.2, 0) is 6.42 Å². The number of nitrogens with one attached hydrogen (secondary N) is 1. The zero-order valence-corrected chi connectivity index (χ0v) is 16.4. The summed E-state index contributed by atoms with van der Waals surface area (Å²) >= 11 is 5.79. The highest BCUT2D eigenvalue weighted by Gasteiger charge is 2.20. The van der Waals surface area contributed by atoms with Gasteiger partial charge < -0.3 is 19.5 Å². The SMILES string of the molecule is COc1ccc2c(c1)OC(CNCCCOc1ccc(Cl)c([N+](=O)[O-])c1)CC2. The van der Waals surface area contributed by atoms with E-state index in [0.717, 1.165) is 43.9 Å². The lowest BCUT2D eigenvalue weighted by molar-refractivity contribution is -0.384. The zero-order valence-electron chi connectivity index (χ0n) is 15.7. The third kappa shape index (κ3) is 5.27. The summed E-state index contributed by atoms with van der Waals surface area (Å²) in [5.74, 6) is 2.13. The Bertz CT molecular complexity index is 830.